The predicted molar refractivity (Wildman–Crippen MR) is 87.1 cm³/mol. The lowest BCUT2D eigenvalue weighted by Crippen LogP contribution is -2.33. The standard InChI is InChI=1S/C16H24N2O2S/c1-4-20-15(19)13-12(17)11(9-5-6-9)14(21-13)18-16(2,3)10-7-8-10/h9-10,18H,4-8,17H2,1-3H3. The SMILES string of the molecule is CCOC(=O)c1sc(NC(C)(C)C2CC2)c(C2CC2)c1N. The summed E-state index contributed by atoms with van der Waals surface area (Å²) >= 11 is 1.46. The second-order valence-electron chi connectivity index (χ2n) is 6.70. The molecule has 0 amide bonds. The monoisotopic (exact) mass is 308 g/mol. The molecular formula is C16H24N2O2S. The first-order valence-corrected chi connectivity index (χ1v) is 8.63. The smallest absolute Gasteiger partial charge is 0.350 e. The molecule has 0 spiro atoms. The summed E-state index contributed by atoms with van der Waals surface area (Å²) in [5, 5.41) is 4.74. The van der Waals surface area contributed by atoms with Crippen LogP contribution < -0.4 is 11.1 Å². The number of thiophene rings is 1. The summed E-state index contributed by atoms with van der Waals surface area (Å²) in [5.41, 5.74) is 8.10. The van der Waals surface area contributed by atoms with Crippen molar-refractivity contribution in [1.82, 2.24) is 0 Å². The van der Waals surface area contributed by atoms with Crippen molar-refractivity contribution < 1.29 is 9.53 Å². The van der Waals surface area contributed by atoms with Gasteiger partial charge in [-0.05, 0) is 58.3 Å². The zero-order valence-electron chi connectivity index (χ0n) is 13.0. The number of nitrogens with one attached hydrogen (secondary N) is 1. The Hall–Kier alpha value is -1.23. The summed E-state index contributed by atoms with van der Waals surface area (Å²) in [6.07, 6.45) is 4.90. The lowest BCUT2D eigenvalue weighted by Gasteiger charge is -2.27. The Morgan fingerprint density at radius 2 is 2.05 bits per heavy atom. The van der Waals surface area contributed by atoms with Crippen molar-refractivity contribution in [3.05, 3.63) is 10.4 Å². The van der Waals surface area contributed by atoms with E-state index in [4.69, 9.17) is 10.5 Å². The van der Waals surface area contributed by atoms with Gasteiger partial charge in [0.2, 0.25) is 0 Å². The molecule has 2 aliphatic carbocycles. The van der Waals surface area contributed by atoms with Gasteiger partial charge in [-0.3, -0.25) is 0 Å². The quantitative estimate of drug-likeness (QED) is 0.780. The molecule has 0 bridgehead atoms. The third kappa shape index (κ3) is 2.89. The van der Waals surface area contributed by atoms with E-state index in [1.807, 2.05) is 6.92 Å². The molecule has 2 aliphatic rings. The van der Waals surface area contributed by atoms with Crippen molar-refractivity contribution in [2.75, 3.05) is 17.7 Å². The number of carbonyl (C=O) groups excluding carboxylic acids is 1. The van der Waals surface area contributed by atoms with E-state index >= 15 is 0 Å². The van der Waals surface area contributed by atoms with Gasteiger partial charge in [-0.1, -0.05) is 0 Å². The number of esters is 1. The van der Waals surface area contributed by atoms with Crippen molar-refractivity contribution in [3.8, 4) is 0 Å². The molecule has 3 N–H and O–H groups in total. The van der Waals surface area contributed by atoms with Crippen molar-refractivity contribution in [2.45, 2.75) is 57.9 Å². The maximum Gasteiger partial charge on any atom is 0.350 e. The molecule has 1 aromatic heterocycles. The van der Waals surface area contributed by atoms with Gasteiger partial charge in [0.15, 0.2) is 0 Å². The maximum absolute atomic E-state index is 12.1. The minimum atomic E-state index is -0.292. The van der Waals surface area contributed by atoms with Crippen LogP contribution in [0, 0.1) is 5.92 Å². The van der Waals surface area contributed by atoms with Gasteiger partial charge in [-0.2, -0.15) is 0 Å². The highest BCUT2D eigenvalue weighted by molar-refractivity contribution is 7.18. The zero-order valence-corrected chi connectivity index (χ0v) is 13.8. The predicted octanol–water partition coefficient (Wildman–Crippen LogP) is 3.98. The fraction of sp³-hybridized carbons (Fsp3) is 0.688. The molecular weight excluding hydrogens is 284 g/mol. The van der Waals surface area contributed by atoms with E-state index in [1.165, 1.54) is 37.0 Å². The Morgan fingerprint density at radius 1 is 1.38 bits per heavy atom. The second-order valence-corrected chi connectivity index (χ2v) is 7.72. The number of ether oxygens (including phenoxy) is 1. The highest BCUT2D eigenvalue weighted by Gasteiger charge is 2.40. The molecule has 0 saturated heterocycles. The molecule has 21 heavy (non-hydrogen) atoms. The summed E-state index contributed by atoms with van der Waals surface area (Å²) < 4.78 is 5.13. The lowest BCUT2D eigenvalue weighted by molar-refractivity contribution is 0.0533. The normalized spacial score (nSPS) is 18.6. The summed E-state index contributed by atoms with van der Waals surface area (Å²) in [6, 6.07) is 0. The van der Waals surface area contributed by atoms with Gasteiger partial charge in [0, 0.05) is 11.1 Å². The molecule has 3 rings (SSSR count). The first-order valence-electron chi connectivity index (χ1n) is 7.81. The Balaban J connectivity index is 1.91. The van der Waals surface area contributed by atoms with Crippen molar-refractivity contribution in [3.63, 3.8) is 0 Å². The molecule has 116 valence electrons. The summed E-state index contributed by atoms with van der Waals surface area (Å²) in [7, 11) is 0. The van der Waals surface area contributed by atoms with Gasteiger partial charge in [-0.15, -0.1) is 11.3 Å². The van der Waals surface area contributed by atoms with Crippen LogP contribution in [0.5, 0.6) is 0 Å². The van der Waals surface area contributed by atoms with E-state index in [1.54, 1.807) is 0 Å². The van der Waals surface area contributed by atoms with E-state index in [2.05, 4.69) is 19.2 Å². The Morgan fingerprint density at radius 3 is 2.57 bits per heavy atom. The molecule has 4 nitrogen and oxygen atoms in total. The van der Waals surface area contributed by atoms with Crippen LogP contribution in [0.15, 0.2) is 0 Å². The number of anilines is 2. The van der Waals surface area contributed by atoms with Crippen LogP contribution in [0.2, 0.25) is 0 Å². The van der Waals surface area contributed by atoms with E-state index in [-0.39, 0.29) is 11.5 Å². The second kappa shape index (κ2) is 5.20. The van der Waals surface area contributed by atoms with Gasteiger partial charge in [0.1, 0.15) is 4.88 Å². The van der Waals surface area contributed by atoms with E-state index in [0.29, 0.717) is 23.1 Å². The minimum absolute atomic E-state index is 0.0624. The maximum atomic E-state index is 12.1. The first-order chi connectivity index (χ1) is 9.94. The Bertz CT molecular complexity index is 557. The molecule has 0 aliphatic heterocycles. The highest BCUT2D eigenvalue weighted by atomic mass is 32.1. The third-order valence-corrected chi connectivity index (χ3v) is 5.58. The number of hydrogen-bond acceptors (Lipinski definition) is 5. The summed E-state index contributed by atoms with van der Waals surface area (Å²) in [4.78, 5) is 12.6. The zero-order chi connectivity index (χ0) is 15.2. The van der Waals surface area contributed by atoms with Crippen LogP contribution in [-0.2, 0) is 4.74 Å². The molecule has 2 saturated carbocycles. The fourth-order valence-electron chi connectivity index (χ4n) is 2.87. The Labute approximate surface area is 130 Å². The van der Waals surface area contributed by atoms with Gasteiger partial charge >= 0.3 is 5.97 Å². The van der Waals surface area contributed by atoms with Crippen LogP contribution in [0.3, 0.4) is 0 Å². The minimum Gasteiger partial charge on any atom is -0.462 e. The van der Waals surface area contributed by atoms with Crippen molar-refractivity contribution in [2.24, 2.45) is 5.92 Å². The average molecular weight is 308 g/mol. The number of carbonyl (C=O) groups is 1. The van der Waals surface area contributed by atoms with Crippen LogP contribution in [0.4, 0.5) is 10.7 Å². The van der Waals surface area contributed by atoms with Crippen molar-refractivity contribution in [1.29, 1.82) is 0 Å². The summed E-state index contributed by atoms with van der Waals surface area (Å²) in [5.74, 6) is 0.944. The molecule has 2 fully saturated rings. The largest absolute Gasteiger partial charge is 0.462 e. The molecule has 0 radical (unpaired) electrons. The fourth-order valence-corrected chi connectivity index (χ4v) is 4.14. The highest BCUT2D eigenvalue weighted by Crippen LogP contribution is 2.52. The van der Waals surface area contributed by atoms with Crippen LogP contribution in [0.25, 0.3) is 0 Å². The van der Waals surface area contributed by atoms with Gasteiger partial charge in [0.25, 0.3) is 0 Å². The number of nitrogen functional groups attached to an aromatic ring is 1. The molecule has 0 atom stereocenters. The molecule has 0 unspecified atom stereocenters. The molecule has 0 aromatic carbocycles. The van der Waals surface area contributed by atoms with Gasteiger partial charge < -0.3 is 15.8 Å². The lowest BCUT2D eigenvalue weighted by atomic mass is 9.98. The topological polar surface area (TPSA) is 64.3 Å². The number of nitrogens with two attached hydrogens (primary N) is 1. The van der Waals surface area contributed by atoms with E-state index in [0.717, 1.165) is 16.5 Å². The number of hydrogen-bond donors (Lipinski definition) is 2. The average Bonchev–Trinajstić information content (AvgIpc) is 3.27. The Kier molecular flexibility index (Phi) is 3.64. The van der Waals surface area contributed by atoms with Crippen LogP contribution >= 0.6 is 11.3 Å². The van der Waals surface area contributed by atoms with Crippen LogP contribution in [-0.4, -0.2) is 18.1 Å². The molecule has 1 heterocycles. The van der Waals surface area contributed by atoms with Gasteiger partial charge in [0.05, 0.1) is 17.3 Å². The van der Waals surface area contributed by atoms with E-state index < -0.39 is 0 Å². The summed E-state index contributed by atoms with van der Waals surface area (Å²) in [6.45, 7) is 6.67. The number of rotatable bonds is 6. The van der Waals surface area contributed by atoms with E-state index in [9.17, 15) is 4.79 Å². The van der Waals surface area contributed by atoms with Crippen molar-refractivity contribution >= 4 is 28.0 Å². The third-order valence-electron chi connectivity index (χ3n) is 4.46. The molecule has 5 heteroatoms. The van der Waals surface area contributed by atoms with Gasteiger partial charge in [-0.25, -0.2) is 4.79 Å². The molecule has 1 aromatic rings. The first kappa shape index (κ1) is 14.7. The van der Waals surface area contributed by atoms with Crippen LogP contribution in [0.1, 0.15) is 67.6 Å².